The standard InChI is InChI=1S/C15H15N3O3S/c1-4-21-14(19)11-8-16-18(9(11)2)15-17-12-6-5-10(20-3)7-13(12)22-15/h5-8H,4H2,1-3H3. The molecule has 0 unspecified atom stereocenters. The van der Waals surface area contributed by atoms with E-state index in [1.807, 2.05) is 25.1 Å². The molecule has 0 fully saturated rings. The van der Waals surface area contributed by atoms with Crippen LogP contribution >= 0.6 is 11.3 Å². The molecule has 0 N–H and O–H groups in total. The molecule has 0 spiro atoms. The summed E-state index contributed by atoms with van der Waals surface area (Å²) in [5.74, 6) is 0.418. The van der Waals surface area contributed by atoms with Crippen molar-refractivity contribution in [1.82, 2.24) is 14.8 Å². The third-order valence-corrected chi connectivity index (χ3v) is 4.26. The quantitative estimate of drug-likeness (QED) is 0.692. The van der Waals surface area contributed by atoms with E-state index < -0.39 is 0 Å². The van der Waals surface area contributed by atoms with Gasteiger partial charge < -0.3 is 9.47 Å². The van der Waals surface area contributed by atoms with Crippen LogP contribution in [0.25, 0.3) is 15.3 Å². The van der Waals surface area contributed by atoms with Crippen molar-refractivity contribution in [3.05, 3.63) is 35.7 Å². The number of carbonyl (C=O) groups excluding carboxylic acids is 1. The van der Waals surface area contributed by atoms with Crippen LogP contribution in [0.3, 0.4) is 0 Å². The van der Waals surface area contributed by atoms with Crippen molar-refractivity contribution < 1.29 is 14.3 Å². The number of aromatic nitrogens is 3. The molecule has 0 radical (unpaired) electrons. The molecular weight excluding hydrogens is 302 g/mol. The van der Waals surface area contributed by atoms with Gasteiger partial charge in [-0.25, -0.2) is 14.5 Å². The summed E-state index contributed by atoms with van der Waals surface area (Å²) in [5.41, 5.74) is 2.04. The normalized spacial score (nSPS) is 10.9. The molecule has 6 nitrogen and oxygen atoms in total. The fraction of sp³-hybridized carbons (Fsp3) is 0.267. The number of nitrogens with zero attached hydrogens (tertiary/aromatic N) is 3. The second-order valence-electron chi connectivity index (χ2n) is 4.61. The number of carbonyl (C=O) groups is 1. The molecule has 0 saturated carbocycles. The van der Waals surface area contributed by atoms with Crippen LogP contribution < -0.4 is 4.74 Å². The van der Waals surface area contributed by atoms with Crippen molar-refractivity contribution in [2.75, 3.05) is 13.7 Å². The maximum atomic E-state index is 11.9. The van der Waals surface area contributed by atoms with Crippen LogP contribution in [-0.4, -0.2) is 34.5 Å². The summed E-state index contributed by atoms with van der Waals surface area (Å²) < 4.78 is 12.9. The van der Waals surface area contributed by atoms with Crippen molar-refractivity contribution in [3.8, 4) is 10.9 Å². The average Bonchev–Trinajstić information content (AvgIpc) is 3.09. The maximum absolute atomic E-state index is 11.9. The predicted molar refractivity (Wildman–Crippen MR) is 84.0 cm³/mol. The van der Waals surface area contributed by atoms with Gasteiger partial charge in [-0.05, 0) is 32.0 Å². The number of esters is 1. The van der Waals surface area contributed by atoms with E-state index >= 15 is 0 Å². The van der Waals surface area contributed by atoms with Gasteiger partial charge in [0.1, 0.15) is 11.3 Å². The molecule has 0 aliphatic carbocycles. The molecule has 114 valence electrons. The highest BCUT2D eigenvalue weighted by atomic mass is 32.1. The third-order valence-electron chi connectivity index (χ3n) is 3.27. The lowest BCUT2D eigenvalue weighted by Crippen LogP contribution is -2.06. The van der Waals surface area contributed by atoms with Crippen LogP contribution in [0.4, 0.5) is 0 Å². The summed E-state index contributed by atoms with van der Waals surface area (Å²) >= 11 is 1.49. The van der Waals surface area contributed by atoms with Gasteiger partial charge in [-0.15, -0.1) is 0 Å². The zero-order chi connectivity index (χ0) is 15.7. The Morgan fingerprint density at radius 3 is 2.95 bits per heavy atom. The van der Waals surface area contributed by atoms with Crippen LogP contribution in [0.15, 0.2) is 24.4 Å². The van der Waals surface area contributed by atoms with E-state index in [1.165, 1.54) is 17.5 Å². The van der Waals surface area contributed by atoms with Gasteiger partial charge in [0.25, 0.3) is 0 Å². The number of rotatable bonds is 4. The number of fused-ring (bicyclic) bond motifs is 1. The summed E-state index contributed by atoms with van der Waals surface area (Å²) in [6.45, 7) is 3.94. The molecule has 3 rings (SSSR count). The minimum Gasteiger partial charge on any atom is -0.497 e. The van der Waals surface area contributed by atoms with E-state index in [1.54, 1.807) is 18.7 Å². The Hall–Kier alpha value is -2.41. The van der Waals surface area contributed by atoms with E-state index in [9.17, 15) is 4.79 Å². The number of ether oxygens (including phenoxy) is 2. The lowest BCUT2D eigenvalue weighted by Gasteiger charge is -2.01. The monoisotopic (exact) mass is 317 g/mol. The molecule has 0 saturated heterocycles. The highest BCUT2D eigenvalue weighted by Gasteiger charge is 2.18. The molecule has 0 bridgehead atoms. The first-order valence-electron chi connectivity index (χ1n) is 6.80. The van der Waals surface area contributed by atoms with Crippen molar-refractivity contribution in [1.29, 1.82) is 0 Å². The van der Waals surface area contributed by atoms with Crippen molar-refractivity contribution in [2.24, 2.45) is 0 Å². The summed E-state index contributed by atoms with van der Waals surface area (Å²) in [5, 5.41) is 4.96. The Bertz CT molecular complexity index is 838. The fourth-order valence-corrected chi connectivity index (χ4v) is 3.13. The summed E-state index contributed by atoms with van der Waals surface area (Å²) in [7, 11) is 1.63. The van der Waals surface area contributed by atoms with Crippen LogP contribution in [0, 0.1) is 6.92 Å². The molecule has 7 heteroatoms. The molecule has 22 heavy (non-hydrogen) atoms. The highest BCUT2D eigenvalue weighted by Crippen LogP contribution is 2.29. The zero-order valence-electron chi connectivity index (χ0n) is 12.5. The lowest BCUT2D eigenvalue weighted by atomic mass is 10.3. The Morgan fingerprint density at radius 1 is 1.41 bits per heavy atom. The predicted octanol–water partition coefficient (Wildman–Crippen LogP) is 2.98. The molecule has 1 aromatic carbocycles. The Morgan fingerprint density at radius 2 is 2.23 bits per heavy atom. The van der Waals surface area contributed by atoms with E-state index in [4.69, 9.17) is 9.47 Å². The Labute approximate surface area is 131 Å². The molecule has 0 aliphatic heterocycles. The maximum Gasteiger partial charge on any atom is 0.341 e. The number of benzene rings is 1. The number of thiazole rings is 1. The molecule has 2 aromatic heterocycles. The molecular formula is C15H15N3O3S. The van der Waals surface area contributed by atoms with Gasteiger partial charge in [0.05, 0.1) is 35.8 Å². The van der Waals surface area contributed by atoms with Crippen LogP contribution in [0.2, 0.25) is 0 Å². The van der Waals surface area contributed by atoms with E-state index in [-0.39, 0.29) is 5.97 Å². The minimum atomic E-state index is -0.367. The first kappa shape index (κ1) is 14.5. The van der Waals surface area contributed by atoms with Gasteiger partial charge in [-0.1, -0.05) is 11.3 Å². The minimum absolute atomic E-state index is 0.338. The summed E-state index contributed by atoms with van der Waals surface area (Å²) in [6, 6.07) is 5.70. The highest BCUT2D eigenvalue weighted by molar-refractivity contribution is 7.20. The number of hydrogen-bond donors (Lipinski definition) is 0. The smallest absolute Gasteiger partial charge is 0.341 e. The zero-order valence-corrected chi connectivity index (χ0v) is 13.3. The first-order valence-corrected chi connectivity index (χ1v) is 7.62. The van der Waals surface area contributed by atoms with Gasteiger partial charge in [-0.2, -0.15) is 5.10 Å². The van der Waals surface area contributed by atoms with Gasteiger partial charge in [-0.3, -0.25) is 0 Å². The van der Waals surface area contributed by atoms with Gasteiger partial charge in [0.15, 0.2) is 0 Å². The van der Waals surface area contributed by atoms with Crippen LogP contribution in [0.5, 0.6) is 5.75 Å². The topological polar surface area (TPSA) is 66.2 Å². The summed E-state index contributed by atoms with van der Waals surface area (Å²) in [6.07, 6.45) is 1.51. The lowest BCUT2D eigenvalue weighted by molar-refractivity contribution is 0.0525. The second kappa shape index (κ2) is 5.76. The second-order valence-corrected chi connectivity index (χ2v) is 5.62. The third kappa shape index (κ3) is 2.43. The van der Waals surface area contributed by atoms with Crippen LogP contribution in [0.1, 0.15) is 23.0 Å². The molecule has 2 heterocycles. The molecule has 0 aliphatic rings. The SMILES string of the molecule is CCOC(=O)c1cnn(-c2nc3ccc(OC)cc3s2)c1C. The Balaban J connectivity index is 2.02. The van der Waals surface area contributed by atoms with Crippen molar-refractivity contribution in [2.45, 2.75) is 13.8 Å². The molecule has 3 aromatic rings. The fourth-order valence-electron chi connectivity index (χ4n) is 2.12. The van der Waals surface area contributed by atoms with E-state index in [2.05, 4.69) is 10.1 Å². The number of hydrogen-bond acceptors (Lipinski definition) is 6. The number of methoxy groups -OCH3 is 1. The molecule has 0 amide bonds. The van der Waals surface area contributed by atoms with E-state index in [0.29, 0.717) is 23.0 Å². The Kier molecular flexibility index (Phi) is 3.81. The van der Waals surface area contributed by atoms with Gasteiger partial charge in [0.2, 0.25) is 5.13 Å². The molecule has 0 atom stereocenters. The van der Waals surface area contributed by atoms with E-state index in [0.717, 1.165) is 16.0 Å². The van der Waals surface area contributed by atoms with Gasteiger partial charge >= 0.3 is 5.97 Å². The largest absolute Gasteiger partial charge is 0.497 e. The van der Waals surface area contributed by atoms with Crippen LogP contribution in [-0.2, 0) is 4.74 Å². The average molecular weight is 317 g/mol. The van der Waals surface area contributed by atoms with Crippen molar-refractivity contribution >= 4 is 27.5 Å². The first-order chi connectivity index (χ1) is 10.6. The summed E-state index contributed by atoms with van der Waals surface area (Å²) in [4.78, 5) is 16.4. The van der Waals surface area contributed by atoms with Crippen molar-refractivity contribution in [3.63, 3.8) is 0 Å². The van der Waals surface area contributed by atoms with Gasteiger partial charge in [0, 0.05) is 0 Å².